The minimum atomic E-state index is 0.0398. The summed E-state index contributed by atoms with van der Waals surface area (Å²) < 4.78 is 5.35. The van der Waals surface area contributed by atoms with E-state index in [1.54, 1.807) is 18.4 Å². The van der Waals surface area contributed by atoms with Gasteiger partial charge in [0.15, 0.2) is 5.96 Å². The molecule has 154 valence electrons. The molecule has 1 atom stereocenters. The number of hydrogen-bond donors (Lipinski definition) is 1. The van der Waals surface area contributed by atoms with Gasteiger partial charge in [0.2, 0.25) is 0 Å². The highest BCUT2D eigenvalue weighted by molar-refractivity contribution is 7.11. The number of aryl methyl sites for hydroxylation is 3. The molecule has 1 unspecified atom stereocenters. The van der Waals surface area contributed by atoms with Crippen molar-refractivity contribution in [3.05, 3.63) is 31.7 Å². The first kappa shape index (κ1) is 21.2. The van der Waals surface area contributed by atoms with Gasteiger partial charge >= 0.3 is 0 Å². The molecular formula is C20H31N5OS2. The molecule has 2 aromatic rings. The van der Waals surface area contributed by atoms with Gasteiger partial charge in [-0.2, -0.15) is 0 Å². The Hall–Kier alpha value is -1.51. The van der Waals surface area contributed by atoms with Crippen molar-refractivity contribution in [2.45, 2.75) is 58.1 Å². The summed E-state index contributed by atoms with van der Waals surface area (Å²) in [5, 5.41) is 7.87. The van der Waals surface area contributed by atoms with Gasteiger partial charge in [0.1, 0.15) is 11.1 Å². The molecule has 6 nitrogen and oxygen atoms in total. The number of aliphatic imine (C=N–C) groups is 1. The summed E-state index contributed by atoms with van der Waals surface area (Å²) in [5.74, 6) is 0.896. The molecule has 1 aliphatic rings. The highest BCUT2D eigenvalue weighted by Gasteiger charge is 2.15. The Morgan fingerprint density at radius 2 is 2.18 bits per heavy atom. The first-order valence-corrected chi connectivity index (χ1v) is 11.7. The minimum Gasteiger partial charge on any atom is -0.375 e. The van der Waals surface area contributed by atoms with Crippen LogP contribution in [0.4, 0.5) is 0 Å². The average Bonchev–Trinajstić information content (AvgIpc) is 3.33. The fourth-order valence-corrected chi connectivity index (χ4v) is 5.38. The van der Waals surface area contributed by atoms with Gasteiger partial charge in [-0.05, 0) is 39.0 Å². The third-order valence-corrected chi connectivity index (χ3v) is 7.26. The number of nitrogens with zero attached hydrogens (tertiary/aromatic N) is 4. The van der Waals surface area contributed by atoms with Crippen molar-refractivity contribution in [2.24, 2.45) is 4.99 Å². The maximum Gasteiger partial charge on any atom is 0.193 e. The normalized spacial score (nSPS) is 15.4. The van der Waals surface area contributed by atoms with Gasteiger partial charge in [-0.3, -0.25) is 4.99 Å². The zero-order valence-electron chi connectivity index (χ0n) is 17.3. The Morgan fingerprint density at radius 3 is 2.93 bits per heavy atom. The van der Waals surface area contributed by atoms with Crippen molar-refractivity contribution in [3.63, 3.8) is 0 Å². The average molecular weight is 422 g/mol. The van der Waals surface area contributed by atoms with E-state index < -0.39 is 0 Å². The Labute approximate surface area is 176 Å². The minimum absolute atomic E-state index is 0.0398. The van der Waals surface area contributed by atoms with E-state index in [-0.39, 0.29) is 6.10 Å². The van der Waals surface area contributed by atoms with Crippen LogP contribution in [0.25, 0.3) is 0 Å². The van der Waals surface area contributed by atoms with Crippen molar-refractivity contribution in [2.75, 3.05) is 27.7 Å². The Kier molecular flexibility index (Phi) is 7.82. The summed E-state index contributed by atoms with van der Waals surface area (Å²) in [5.41, 5.74) is 2.41. The highest BCUT2D eigenvalue weighted by atomic mass is 32.1. The van der Waals surface area contributed by atoms with Gasteiger partial charge in [-0.25, -0.2) is 9.97 Å². The molecule has 0 amide bonds. The molecule has 8 heteroatoms. The van der Waals surface area contributed by atoms with Crippen LogP contribution in [0.5, 0.6) is 0 Å². The number of thiazole rings is 2. The number of fused-ring (bicyclic) bond motifs is 1. The summed E-state index contributed by atoms with van der Waals surface area (Å²) in [6.07, 6.45) is 7.15. The van der Waals surface area contributed by atoms with Crippen LogP contribution in [0.1, 0.15) is 58.6 Å². The predicted molar refractivity (Wildman–Crippen MR) is 117 cm³/mol. The number of aromatic nitrogens is 2. The fourth-order valence-electron chi connectivity index (χ4n) is 3.34. The first-order chi connectivity index (χ1) is 13.6. The van der Waals surface area contributed by atoms with E-state index in [0.717, 1.165) is 42.6 Å². The second kappa shape index (κ2) is 10.3. The lowest BCUT2D eigenvalue weighted by molar-refractivity contribution is 0.119. The van der Waals surface area contributed by atoms with Crippen molar-refractivity contribution < 1.29 is 4.74 Å². The third-order valence-electron chi connectivity index (χ3n) is 4.98. The summed E-state index contributed by atoms with van der Waals surface area (Å²) in [6, 6.07) is 0. The maximum atomic E-state index is 5.35. The van der Waals surface area contributed by atoms with E-state index in [0.29, 0.717) is 0 Å². The molecule has 0 saturated heterocycles. The lowest BCUT2D eigenvalue weighted by atomic mass is 10.0. The van der Waals surface area contributed by atoms with Gasteiger partial charge in [0, 0.05) is 44.4 Å². The molecular weight excluding hydrogens is 390 g/mol. The number of hydrogen-bond acceptors (Lipinski definition) is 6. The summed E-state index contributed by atoms with van der Waals surface area (Å²) in [4.78, 5) is 17.5. The van der Waals surface area contributed by atoms with Crippen molar-refractivity contribution >= 4 is 28.6 Å². The molecule has 28 heavy (non-hydrogen) atoms. The molecule has 0 aromatic carbocycles. The van der Waals surface area contributed by atoms with Gasteiger partial charge in [0.25, 0.3) is 0 Å². The molecule has 1 N–H and O–H groups in total. The zero-order chi connectivity index (χ0) is 19.9. The molecule has 0 radical (unpaired) electrons. The van der Waals surface area contributed by atoms with Crippen LogP contribution in [0, 0.1) is 0 Å². The van der Waals surface area contributed by atoms with Gasteiger partial charge < -0.3 is 15.0 Å². The number of nitrogens with one attached hydrogen (secondary N) is 1. The Balaban J connectivity index is 1.43. The largest absolute Gasteiger partial charge is 0.375 e. The van der Waals surface area contributed by atoms with Crippen LogP contribution in [-0.4, -0.2) is 48.6 Å². The molecule has 2 heterocycles. The number of ether oxygens (including phenoxy) is 1. The van der Waals surface area contributed by atoms with Gasteiger partial charge in [-0.15, -0.1) is 22.7 Å². The van der Waals surface area contributed by atoms with E-state index >= 15 is 0 Å². The molecule has 0 saturated carbocycles. The Morgan fingerprint density at radius 1 is 1.36 bits per heavy atom. The monoisotopic (exact) mass is 421 g/mol. The lowest BCUT2D eigenvalue weighted by Crippen LogP contribution is -2.39. The van der Waals surface area contributed by atoms with E-state index in [4.69, 9.17) is 9.72 Å². The molecule has 1 aliphatic carbocycles. The summed E-state index contributed by atoms with van der Waals surface area (Å²) in [6.45, 7) is 3.64. The molecule has 0 bridgehead atoms. The zero-order valence-corrected chi connectivity index (χ0v) is 19.0. The van der Waals surface area contributed by atoms with Crippen LogP contribution in [0.2, 0.25) is 0 Å². The van der Waals surface area contributed by atoms with Crippen LogP contribution in [0.3, 0.4) is 0 Å². The van der Waals surface area contributed by atoms with Crippen LogP contribution < -0.4 is 5.32 Å². The molecule has 3 rings (SSSR count). The van der Waals surface area contributed by atoms with Gasteiger partial charge in [-0.1, -0.05) is 0 Å². The van der Waals surface area contributed by atoms with Crippen LogP contribution >= 0.6 is 22.7 Å². The van der Waals surface area contributed by atoms with E-state index in [9.17, 15) is 0 Å². The second-order valence-electron chi connectivity index (χ2n) is 7.17. The van der Waals surface area contributed by atoms with Gasteiger partial charge in [0.05, 0.1) is 22.9 Å². The molecule has 2 aromatic heterocycles. The Bertz CT molecular complexity index is 762. The fraction of sp³-hybridized carbons (Fsp3) is 0.650. The highest BCUT2D eigenvalue weighted by Crippen LogP contribution is 2.27. The van der Waals surface area contributed by atoms with Crippen LogP contribution in [0.15, 0.2) is 10.4 Å². The first-order valence-electron chi connectivity index (χ1n) is 9.97. The lowest BCUT2D eigenvalue weighted by Gasteiger charge is -2.21. The third kappa shape index (κ3) is 5.52. The topological polar surface area (TPSA) is 62.6 Å². The van der Waals surface area contributed by atoms with Crippen molar-refractivity contribution in [3.8, 4) is 0 Å². The SMILES string of the molecule is CN=C(NCCCc1nc2c(s1)CCCC2)N(C)Cc1csc(C(C)OC)n1. The molecule has 0 fully saturated rings. The second-order valence-corrected chi connectivity index (χ2v) is 9.23. The number of methoxy groups -OCH3 is 1. The van der Waals surface area contributed by atoms with Crippen molar-refractivity contribution in [1.82, 2.24) is 20.2 Å². The summed E-state index contributed by atoms with van der Waals surface area (Å²) >= 11 is 3.56. The predicted octanol–water partition coefficient (Wildman–Crippen LogP) is 3.83. The molecule has 0 spiro atoms. The number of rotatable bonds is 8. The van der Waals surface area contributed by atoms with E-state index in [1.807, 2.05) is 32.4 Å². The molecule has 0 aliphatic heterocycles. The number of guanidine groups is 1. The van der Waals surface area contributed by atoms with E-state index in [2.05, 4.69) is 25.6 Å². The van der Waals surface area contributed by atoms with Crippen molar-refractivity contribution in [1.29, 1.82) is 0 Å². The maximum absolute atomic E-state index is 5.35. The van der Waals surface area contributed by atoms with E-state index in [1.165, 1.54) is 41.3 Å². The standard InChI is InChI=1S/C20H31N5OS2/c1-14(26-4)19-23-15(13-27-19)12-25(3)20(21-2)22-11-7-10-18-24-16-8-5-6-9-17(16)28-18/h13-14H,5-12H2,1-4H3,(H,21,22). The van der Waals surface area contributed by atoms with Crippen LogP contribution in [-0.2, 0) is 30.5 Å². The smallest absolute Gasteiger partial charge is 0.193 e. The summed E-state index contributed by atoms with van der Waals surface area (Å²) in [7, 11) is 5.58. The quantitative estimate of drug-likeness (QED) is 0.399.